The van der Waals surface area contributed by atoms with Gasteiger partial charge in [0.05, 0.1) is 0 Å². The smallest absolute Gasteiger partial charge is 0.142 e. The summed E-state index contributed by atoms with van der Waals surface area (Å²) in [5.74, 6) is 0. The number of aromatic nitrogens is 1. The summed E-state index contributed by atoms with van der Waals surface area (Å²) in [7, 11) is 0. The molecule has 1 aromatic rings. The van der Waals surface area contributed by atoms with Crippen molar-refractivity contribution in [2.45, 2.75) is 0 Å². The molecule has 0 aliphatic carbocycles. The number of H-pyrrole nitrogens is 1. The van der Waals surface area contributed by atoms with Gasteiger partial charge in [0.25, 0.3) is 0 Å². The van der Waals surface area contributed by atoms with E-state index in [-0.39, 0.29) is 0 Å². The van der Waals surface area contributed by atoms with Crippen molar-refractivity contribution in [3.63, 3.8) is 0 Å². The van der Waals surface area contributed by atoms with E-state index in [1.807, 2.05) is 18.3 Å². The van der Waals surface area contributed by atoms with Crippen molar-refractivity contribution in [2.24, 2.45) is 0 Å². The standard InChI is InChI=1S/C7H7NO/c9-6-2-4-7-3-1-5-8-7/h1-6,8H/b4-2+. The Morgan fingerprint density at radius 3 is 3.00 bits per heavy atom. The predicted octanol–water partition coefficient (Wildman–Crippen LogP) is 1.23. The SMILES string of the molecule is O=C/C=C/c1ccc[nH]1. The van der Waals surface area contributed by atoms with E-state index in [1.54, 1.807) is 6.08 Å². The lowest BCUT2D eigenvalue weighted by Gasteiger charge is -1.77. The maximum Gasteiger partial charge on any atom is 0.142 e. The highest BCUT2D eigenvalue weighted by Gasteiger charge is 1.79. The van der Waals surface area contributed by atoms with Crippen molar-refractivity contribution in [1.29, 1.82) is 0 Å². The van der Waals surface area contributed by atoms with E-state index in [9.17, 15) is 4.79 Å². The van der Waals surface area contributed by atoms with Crippen LogP contribution < -0.4 is 0 Å². The van der Waals surface area contributed by atoms with Crippen LogP contribution >= 0.6 is 0 Å². The number of allylic oxidation sites excluding steroid dienone is 1. The number of carbonyl (C=O) groups excluding carboxylic acids is 1. The monoisotopic (exact) mass is 121 g/mol. The topological polar surface area (TPSA) is 32.9 Å². The minimum absolute atomic E-state index is 0.751. The summed E-state index contributed by atoms with van der Waals surface area (Å²) in [5.41, 5.74) is 0.946. The highest BCUT2D eigenvalue weighted by molar-refractivity contribution is 5.72. The van der Waals surface area contributed by atoms with E-state index in [1.165, 1.54) is 6.08 Å². The number of carbonyl (C=O) groups is 1. The lowest BCUT2D eigenvalue weighted by Crippen LogP contribution is -1.66. The molecule has 0 saturated heterocycles. The zero-order valence-corrected chi connectivity index (χ0v) is 4.87. The van der Waals surface area contributed by atoms with E-state index in [4.69, 9.17) is 0 Å². The van der Waals surface area contributed by atoms with Crippen molar-refractivity contribution in [3.05, 3.63) is 30.1 Å². The molecule has 1 heterocycles. The molecule has 0 saturated carbocycles. The van der Waals surface area contributed by atoms with Gasteiger partial charge in [-0.25, -0.2) is 0 Å². The molecule has 0 aliphatic heterocycles. The van der Waals surface area contributed by atoms with Gasteiger partial charge in [-0.3, -0.25) is 4.79 Å². The van der Waals surface area contributed by atoms with Crippen LogP contribution in [0.3, 0.4) is 0 Å². The summed E-state index contributed by atoms with van der Waals surface area (Å²) in [4.78, 5) is 12.7. The molecule has 0 aliphatic rings. The molecule has 0 fully saturated rings. The molecule has 0 radical (unpaired) electrons. The van der Waals surface area contributed by atoms with Gasteiger partial charge in [0.2, 0.25) is 0 Å². The number of aromatic amines is 1. The van der Waals surface area contributed by atoms with Gasteiger partial charge in [-0.2, -0.15) is 0 Å². The first-order valence-electron chi connectivity index (χ1n) is 2.69. The van der Waals surface area contributed by atoms with Crippen molar-refractivity contribution in [2.75, 3.05) is 0 Å². The summed E-state index contributed by atoms with van der Waals surface area (Å²) in [5, 5.41) is 0. The van der Waals surface area contributed by atoms with E-state index < -0.39 is 0 Å². The maximum atomic E-state index is 9.80. The zero-order chi connectivity index (χ0) is 6.53. The first-order chi connectivity index (χ1) is 4.43. The van der Waals surface area contributed by atoms with Crippen LogP contribution in [0, 0.1) is 0 Å². The van der Waals surface area contributed by atoms with Crippen molar-refractivity contribution in [1.82, 2.24) is 4.98 Å². The molecular formula is C7H7NO. The molecule has 2 nitrogen and oxygen atoms in total. The normalized spacial score (nSPS) is 10.2. The fraction of sp³-hybridized carbons (Fsp3) is 0. The number of nitrogens with one attached hydrogen (secondary N) is 1. The largest absolute Gasteiger partial charge is 0.362 e. The van der Waals surface area contributed by atoms with E-state index >= 15 is 0 Å². The summed E-state index contributed by atoms with van der Waals surface area (Å²) in [6.45, 7) is 0. The number of aldehydes is 1. The third kappa shape index (κ3) is 1.57. The average Bonchev–Trinajstić information content (AvgIpc) is 2.34. The van der Waals surface area contributed by atoms with Gasteiger partial charge in [-0.05, 0) is 24.3 Å². The predicted molar refractivity (Wildman–Crippen MR) is 35.9 cm³/mol. The minimum atomic E-state index is 0.751. The minimum Gasteiger partial charge on any atom is -0.362 e. The molecule has 2 heteroatoms. The van der Waals surface area contributed by atoms with Crippen LogP contribution in [-0.2, 0) is 4.79 Å². The van der Waals surface area contributed by atoms with E-state index in [2.05, 4.69) is 4.98 Å². The Labute approximate surface area is 53.2 Å². The van der Waals surface area contributed by atoms with Gasteiger partial charge in [0.15, 0.2) is 0 Å². The third-order valence-corrected chi connectivity index (χ3v) is 0.976. The van der Waals surface area contributed by atoms with Crippen LogP contribution in [0.15, 0.2) is 24.4 Å². The van der Waals surface area contributed by atoms with Crippen molar-refractivity contribution < 1.29 is 4.79 Å². The Balaban J connectivity index is 2.67. The summed E-state index contributed by atoms with van der Waals surface area (Å²) >= 11 is 0. The lowest BCUT2D eigenvalue weighted by molar-refractivity contribution is -0.104. The Bertz CT molecular complexity index is 199. The molecule has 0 unspecified atom stereocenters. The third-order valence-electron chi connectivity index (χ3n) is 0.976. The first kappa shape index (κ1) is 5.82. The van der Waals surface area contributed by atoms with Gasteiger partial charge in [0.1, 0.15) is 6.29 Å². The molecule has 1 aromatic heterocycles. The van der Waals surface area contributed by atoms with Crippen LogP contribution in [0.25, 0.3) is 6.08 Å². The highest BCUT2D eigenvalue weighted by atomic mass is 16.1. The lowest BCUT2D eigenvalue weighted by atomic mass is 10.4. The van der Waals surface area contributed by atoms with E-state index in [0.29, 0.717) is 0 Å². The van der Waals surface area contributed by atoms with Gasteiger partial charge in [-0.1, -0.05) is 0 Å². The van der Waals surface area contributed by atoms with Gasteiger partial charge < -0.3 is 4.98 Å². The number of rotatable bonds is 2. The molecular weight excluding hydrogens is 114 g/mol. The molecule has 0 atom stereocenters. The molecule has 0 aromatic carbocycles. The number of hydrogen-bond acceptors (Lipinski definition) is 1. The second-order valence-corrected chi connectivity index (χ2v) is 1.62. The van der Waals surface area contributed by atoms with Gasteiger partial charge in [0, 0.05) is 11.9 Å². The fourth-order valence-electron chi connectivity index (χ4n) is 0.591. The van der Waals surface area contributed by atoms with E-state index in [0.717, 1.165) is 12.0 Å². The van der Waals surface area contributed by atoms with Crippen LogP contribution in [0.1, 0.15) is 5.69 Å². The zero-order valence-electron chi connectivity index (χ0n) is 4.87. The van der Waals surface area contributed by atoms with Crippen molar-refractivity contribution >= 4 is 12.4 Å². The summed E-state index contributed by atoms with van der Waals surface area (Å²) < 4.78 is 0. The Morgan fingerprint density at radius 1 is 1.56 bits per heavy atom. The summed E-state index contributed by atoms with van der Waals surface area (Å²) in [6.07, 6.45) is 5.73. The average molecular weight is 121 g/mol. The molecule has 0 bridgehead atoms. The Kier molecular flexibility index (Phi) is 1.85. The first-order valence-corrected chi connectivity index (χ1v) is 2.69. The molecule has 1 N–H and O–H groups in total. The van der Waals surface area contributed by atoms with Crippen LogP contribution in [0.2, 0.25) is 0 Å². The molecule has 9 heavy (non-hydrogen) atoms. The molecule has 0 amide bonds. The van der Waals surface area contributed by atoms with Crippen LogP contribution in [-0.4, -0.2) is 11.3 Å². The Morgan fingerprint density at radius 2 is 2.44 bits per heavy atom. The van der Waals surface area contributed by atoms with Crippen LogP contribution in [0.4, 0.5) is 0 Å². The Hall–Kier alpha value is -1.31. The second kappa shape index (κ2) is 2.87. The molecule has 1 rings (SSSR count). The summed E-state index contributed by atoms with van der Waals surface area (Å²) in [6, 6.07) is 3.77. The maximum absolute atomic E-state index is 9.80. The van der Waals surface area contributed by atoms with Gasteiger partial charge >= 0.3 is 0 Å². The quantitative estimate of drug-likeness (QED) is 0.463. The van der Waals surface area contributed by atoms with Crippen molar-refractivity contribution in [3.8, 4) is 0 Å². The number of hydrogen-bond donors (Lipinski definition) is 1. The highest BCUT2D eigenvalue weighted by Crippen LogP contribution is 1.94. The fourth-order valence-corrected chi connectivity index (χ4v) is 0.591. The molecule has 0 spiro atoms. The molecule has 46 valence electrons. The second-order valence-electron chi connectivity index (χ2n) is 1.62. The van der Waals surface area contributed by atoms with Crippen LogP contribution in [0.5, 0.6) is 0 Å². The van der Waals surface area contributed by atoms with Gasteiger partial charge in [-0.15, -0.1) is 0 Å².